The van der Waals surface area contributed by atoms with E-state index in [1.807, 2.05) is 0 Å². The summed E-state index contributed by atoms with van der Waals surface area (Å²) in [6, 6.07) is 5.00. The number of amides is 2. The molecule has 0 unspecified atom stereocenters. The first-order chi connectivity index (χ1) is 27.1. The zero-order valence-corrected chi connectivity index (χ0v) is 33.2. The lowest BCUT2D eigenvalue weighted by molar-refractivity contribution is -0.265. The van der Waals surface area contributed by atoms with Crippen LogP contribution in [0.15, 0.2) is 30.5 Å². The molecule has 0 bridgehead atoms. The topological polar surface area (TPSA) is 230 Å². The number of aryl methyl sites for hydroxylation is 1. The molecule has 1 aliphatic rings. The van der Waals surface area contributed by atoms with E-state index in [2.05, 4.69) is 26.9 Å². The molecule has 3 rings (SSSR count). The maximum atomic E-state index is 13.9. The molecule has 2 N–H and O–H groups in total. The van der Waals surface area contributed by atoms with Crippen molar-refractivity contribution in [3.8, 4) is 12.3 Å². The van der Waals surface area contributed by atoms with Gasteiger partial charge in [-0.25, -0.2) is 9.48 Å². The number of esters is 5. The van der Waals surface area contributed by atoms with Crippen molar-refractivity contribution in [1.82, 2.24) is 25.6 Å². The SMILES string of the molecule is C#CCCCCCCc1cn([C@]2(C(=O)OC)C[C@H](OC(C)=O)[C@@H](NC(=O)COC(C)=O)[C@H]([C@H](OC(C)=O)[C@@H](CNC(=O)Cc3ccc(Cl)cc3)OC(C)=O)O2)nn1. The zero-order valence-electron chi connectivity index (χ0n) is 32.4. The number of hydrogen-bond donors (Lipinski definition) is 2. The van der Waals surface area contributed by atoms with E-state index in [0.717, 1.165) is 58.7 Å². The van der Waals surface area contributed by atoms with E-state index in [1.54, 1.807) is 24.3 Å². The molecule has 57 heavy (non-hydrogen) atoms. The largest absolute Gasteiger partial charge is 0.465 e. The minimum Gasteiger partial charge on any atom is -0.465 e. The molecular weight excluding hydrogens is 770 g/mol. The van der Waals surface area contributed by atoms with Crippen LogP contribution in [0.4, 0.5) is 0 Å². The lowest BCUT2D eigenvalue weighted by Gasteiger charge is -2.48. The minimum absolute atomic E-state index is 0.115. The number of aromatic nitrogens is 3. The van der Waals surface area contributed by atoms with E-state index in [0.29, 0.717) is 35.5 Å². The second-order valence-corrected chi connectivity index (χ2v) is 13.6. The number of nitrogens with one attached hydrogen (secondary N) is 2. The molecule has 0 aliphatic carbocycles. The van der Waals surface area contributed by atoms with Gasteiger partial charge in [-0.1, -0.05) is 41.8 Å². The third kappa shape index (κ3) is 14.2. The number of unbranched alkanes of at least 4 members (excludes halogenated alkanes) is 4. The number of methoxy groups -OCH3 is 1. The number of hydrogen-bond acceptors (Lipinski definition) is 15. The van der Waals surface area contributed by atoms with E-state index < -0.39 is 97.4 Å². The lowest BCUT2D eigenvalue weighted by atomic mass is 9.86. The van der Waals surface area contributed by atoms with Crippen molar-refractivity contribution < 1.29 is 62.0 Å². The van der Waals surface area contributed by atoms with Gasteiger partial charge in [0, 0.05) is 45.6 Å². The summed E-state index contributed by atoms with van der Waals surface area (Å²) in [6.07, 6.45) is 4.07. The third-order valence-corrected chi connectivity index (χ3v) is 8.87. The lowest BCUT2D eigenvalue weighted by Crippen LogP contribution is -2.69. The van der Waals surface area contributed by atoms with Crippen LogP contribution in [-0.2, 0) is 80.5 Å². The van der Waals surface area contributed by atoms with Crippen LogP contribution in [0.2, 0.25) is 5.02 Å². The monoisotopic (exact) mass is 817 g/mol. The van der Waals surface area contributed by atoms with Gasteiger partial charge in [0.2, 0.25) is 5.91 Å². The van der Waals surface area contributed by atoms with Gasteiger partial charge in [0.15, 0.2) is 18.8 Å². The van der Waals surface area contributed by atoms with Crippen molar-refractivity contribution in [1.29, 1.82) is 0 Å². The molecule has 0 radical (unpaired) electrons. The fourth-order valence-electron chi connectivity index (χ4n) is 6.18. The maximum absolute atomic E-state index is 13.9. The van der Waals surface area contributed by atoms with Crippen molar-refractivity contribution >= 4 is 53.3 Å². The smallest absolute Gasteiger partial charge is 0.361 e. The number of benzene rings is 1. The Labute approximate surface area is 334 Å². The molecule has 2 aromatic rings. The van der Waals surface area contributed by atoms with E-state index >= 15 is 0 Å². The van der Waals surface area contributed by atoms with Crippen LogP contribution in [0.3, 0.4) is 0 Å². The summed E-state index contributed by atoms with van der Waals surface area (Å²) in [5.41, 5.74) is -1.23. The van der Waals surface area contributed by atoms with Gasteiger partial charge in [0.05, 0.1) is 38.0 Å². The Bertz CT molecular complexity index is 1780. The zero-order chi connectivity index (χ0) is 42.1. The summed E-state index contributed by atoms with van der Waals surface area (Å²) in [4.78, 5) is 89.8. The molecule has 1 aliphatic heterocycles. The van der Waals surface area contributed by atoms with Crippen molar-refractivity contribution in [2.24, 2.45) is 0 Å². The van der Waals surface area contributed by atoms with Gasteiger partial charge < -0.3 is 39.1 Å². The molecule has 1 aromatic carbocycles. The second kappa shape index (κ2) is 22.3. The second-order valence-electron chi connectivity index (χ2n) is 13.2. The molecule has 310 valence electrons. The van der Waals surface area contributed by atoms with E-state index in [-0.39, 0.29) is 6.42 Å². The molecule has 2 heterocycles. The van der Waals surface area contributed by atoms with Crippen LogP contribution in [0.1, 0.15) is 77.5 Å². The molecular formula is C38H48ClN5O13. The van der Waals surface area contributed by atoms with Crippen LogP contribution in [-0.4, -0.2) is 107 Å². The summed E-state index contributed by atoms with van der Waals surface area (Å²) in [5, 5.41) is 14.1. The molecule has 2 amide bonds. The van der Waals surface area contributed by atoms with Crippen LogP contribution in [0, 0.1) is 12.3 Å². The first-order valence-electron chi connectivity index (χ1n) is 18.1. The molecule has 1 fully saturated rings. The molecule has 1 aromatic heterocycles. The highest BCUT2D eigenvalue weighted by atomic mass is 35.5. The van der Waals surface area contributed by atoms with Crippen molar-refractivity contribution in [2.45, 2.75) is 115 Å². The maximum Gasteiger partial charge on any atom is 0.361 e. The highest BCUT2D eigenvalue weighted by molar-refractivity contribution is 6.30. The highest BCUT2D eigenvalue weighted by Crippen LogP contribution is 2.39. The van der Waals surface area contributed by atoms with Crippen LogP contribution >= 0.6 is 11.6 Å². The van der Waals surface area contributed by atoms with Gasteiger partial charge in [0.25, 0.3) is 11.6 Å². The number of nitrogens with zero attached hydrogens (tertiary/aromatic N) is 3. The van der Waals surface area contributed by atoms with Crippen LogP contribution < -0.4 is 10.6 Å². The van der Waals surface area contributed by atoms with Gasteiger partial charge in [0.1, 0.15) is 12.2 Å². The molecule has 0 saturated carbocycles. The number of rotatable bonds is 20. The van der Waals surface area contributed by atoms with Crippen molar-refractivity contribution in [3.05, 3.63) is 46.7 Å². The summed E-state index contributed by atoms with van der Waals surface area (Å²) in [6.45, 7) is 3.02. The van der Waals surface area contributed by atoms with Crippen LogP contribution in [0.25, 0.3) is 0 Å². The minimum atomic E-state index is -2.30. The number of carbonyl (C=O) groups is 7. The number of ether oxygens (including phenoxy) is 6. The Hall–Kier alpha value is -5.54. The standard InChI is InChI=1S/C38H48ClN5O13/c1-7-8-9-10-11-12-13-29-21-44(43-42-29)38(37(51)52-6)19-30(54-24(3)46)34(41-33(50)22-53-23(2)45)36(57-38)35(56-26(5)48)31(55-25(4)47)20-40-32(49)18-27-14-16-28(39)17-15-27/h1,14-17,21,30-31,34-36H,8-13,18-20,22H2,2-6H3,(H,40,49)(H,41,50)/t30-,31+,34+,35+,36+,38+/m0/s1. The highest BCUT2D eigenvalue weighted by Gasteiger charge is 2.60. The summed E-state index contributed by atoms with van der Waals surface area (Å²) >= 11 is 5.97. The van der Waals surface area contributed by atoms with E-state index in [1.165, 1.54) is 6.20 Å². The van der Waals surface area contributed by atoms with Gasteiger partial charge >= 0.3 is 29.8 Å². The quantitative estimate of drug-likeness (QED) is 0.0841. The first kappa shape index (κ1) is 45.8. The molecule has 19 heteroatoms. The fourth-order valence-corrected chi connectivity index (χ4v) is 6.31. The third-order valence-electron chi connectivity index (χ3n) is 8.62. The first-order valence-corrected chi connectivity index (χ1v) is 18.5. The van der Waals surface area contributed by atoms with Crippen molar-refractivity contribution in [2.75, 3.05) is 20.3 Å². The number of terminal acetylenes is 1. The Morgan fingerprint density at radius 1 is 0.965 bits per heavy atom. The van der Waals surface area contributed by atoms with Gasteiger partial charge in [-0.15, -0.1) is 17.4 Å². The predicted molar refractivity (Wildman–Crippen MR) is 199 cm³/mol. The Kier molecular flexibility index (Phi) is 17.9. The molecule has 6 atom stereocenters. The number of carbonyl (C=O) groups excluding carboxylic acids is 7. The molecule has 18 nitrogen and oxygen atoms in total. The average molecular weight is 818 g/mol. The summed E-state index contributed by atoms with van der Waals surface area (Å²) in [7, 11) is 1.08. The van der Waals surface area contributed by atoms with Crippen molar-refractivity contribution in [3.63, 3.8) is 0 Å². The van der Waals surface area contributed by atoms with E-state index in [4.69, 9.17) is 46.4 Å². The normalized spacial score (nSPS) is 19.8. The Morgan fingerprint density at radius 3 is 2.26 bits per heavy atom. The number of halogens is 1. The predicted octanol–water partition coefficient (Wildman–Crippen LogP) is 1.87. The van der Waals surface area contributed by atoms with Crippen LogP contribution in [0.5, 0.6) is 0 Å². The molecule has 0 spiro atoms. The fraction of sp³-hybridized carbons (Fsp3) is 0.553. The average Bonchev–Trinajstić information content (AvgIpc) is 3.63. The summed E-state index contributed by atoms with van der Waals surface area (Å²) < 4.78 is 34.7. The van der Waals surface area contributed by atoms with Gasteiger partial charge in [-0.2, -0.15) is 0 Å². The van der Waals surface area contributed by atoms with Gasteiger partial charge in [-0.05, 0) is 37.0 Å². The molecule has 1 saturated heterocycles. The van der Waals surface area contributed by atoms with Gasteiger partial charge in [-0.3, -0.25) is 28.8 Å². The Morgan fingerprint density at radius 2 is 1.65 bits per heavy atom. The summed E-state index contributed by atoms with van der Waals surface area (Å²) in [5.74, 6) is -3.31. The van der Waals surface area contributed by atoms with E-state index in [9.17, 15) is 33.6 Å². The Balaban J connectivity index is 2.14.